The summed E-state index contributed by atoms with van der Waals surface area (Å²) in [6, 6.07) is 6.10. The fourth-order valence-corrected chi connectivity index (χ4v) is 2.54. The first kappa shape index (κ1) is 12.1. The van der Waals surface area contributed by atoms with E-state index in [-0.39, 0.29) is 0 Å². The minimum atomic E-state index is 0.853. The van der Waals surface area contributed by atoms with Crippen molar-refractivity contribution in [1.29, 1.82) is 0 Å². The Kier molecular flexibility index (Phi) is 5.60. The Hall–Kier alpha value is 0.01000. The van der Waals surface area contributed by atoms with Gasteiger partial charge in [-0.05, 0) is 52.0 Å². The largest absolute Gasteiger partial charge is 0.496 e. The van der Waals surface area contributed by atoms with Crippen LogP contribution in [0, 0.1) is 0 Å². The highest BCUT2D eigenvalue weighted by Crippen LogP contribution is 2.35. The van der Waals surface area contributed by atoms with E-state index >= 15 is 0 Å². The van der Waals surface area contributed by atoms with Crippen molar-refractivity contribution in [3.63, 3.8) is 0 Å². The molecule has 0 N–H and O–H groups in total. The van der Waals surface area contributed by atoms with E-state index in [2.05, 4.69) is 13.0 Å². The van der Waals surface area contributed by atoms with Crippen molar-refractivity contribution >= 4 is 33.4 Å². The predicted octanol–water partition coefficient (Wildman–Crippen LogP) is 4.44. The van der Waals surface area contributed by atoms with E-state index in [0.717, 1.165) is 16.4 Å². The first-order valence-corrected chi connectivity index (χ1v) is 7.04. The summed E-state index contributed by atoms with van der Waals surface area (Å²) in [4.78, 5) is 2.20. The maximum atomic E-state index is 5.70. The van der Waals surface area contributed by atoms with Gasteiger partial charge in [0.05, 0.1) is 12.0 Å². The number of thioether (sulfide) groups is 1. The molecule has 0 radical (unpaired) electrons. The van der Waals surface area contributed by atoms with Gasteiger partial charge in [0.15, 0.2) is 0 Å². The van der Waals surface area contributed by atoms with Crippen LogP contribution in [0.2, 0.25) is 0 Å². The van der Waals surface area contributed by atoms with Crippen LogP contribution in [0.3, 0.4) is 0 Å². The molecule has 0 amide bonds. The quantitative estimate of drug-likeness (QED) is 0.713. The Balaban J connectivity index is 2.79. The molecule has 0 saturated heterocycles. The average Bonchev–Trinajstić information content (AvgIpc) is 2.25. The van der Waals surface area contributed by atoms with Crippen LogP contribution in [-0.2, 0) is 0 Å². The fraction of sp³-hybridized carbons (Fsp3) is 0.400. The van der Waals surface area contributed by atoms with Crippen molar-refractivity contribution in [2.45, 2.75) is 23.1 Å². The van der Waals surface area contributed by atoms with E-state index in [4.69, 9.17) is 15.4 Å². The highest BCUT2D eigenvalue weighted by molar-refractivity contribution is 8.21. The zero-order valence-corrected chi connectivity index (χ0v) is 10.6. The molecule has 0 saturated carbocycles. The molecule has 0 unspecified atom stereocenters. The number of rotatable bonds is 5. The Morgan fingerprint density at radius 3 is 2.79 bits per heavy atom. The van der Waals surface area contributed by atoms with Crippen LogP contribution in [0.1, 0.15) is 13.3 Å². The van der Waals surface area contributed by atoms with Crippen LogP contribution >= 0.6 is 33.4 Å². The van der Waals surface area contributed by atoms with Crippen LogP contribution in [0.5, 0.6) is 5.75 Å². The second-order valence-corrected chi connectivity index (χ2v) is 4.96. The van der Waals surface area contributed by atoms with Crippen LogP contribution in [0.25, 0.3) is 0 Å². The van der Waals surface area contributed by atoms with Crippen molar-refractivity contribution in [1.82, 2.24) is 0 Å². The van der Waals surface area contributed by atoms with Gasteiger partial charge in [-0.2, -0.15) is 0 Å². The normalized spacial score (nSPS) is 10.2. The minimum Gasteiger partial charge on any atom is -0.496 e. The van der Waals surface area contributed by atoms with Gasteiger partial charge in [0, 0.05) is 4.90 Å². The lowest BCUT2D eigenvalue weighted by Crippen LogP contribution is -1.86. The Bertz CT molecular complexity index is 291. The number of ether oxygens (including phenoxy) is 1. The summed E-state index contributed by atoms with van der Waals surface area (Å²) in [5.41, 5.74) is 0. The molecule has 0 bridgehead atoms. The third-order valence-electron chi connectivity index (χ3n) is 1.69. The molecule has 0 aliphatic heterocycles. The van der Waals surface area contributed by atoms with E-state index < -0.39 is 0 Å². The van der Waals surface area contributed by atoms with Gasteiger partial charge in [0.2, 0.25) is 0 Å². The van der Waals surface area contributed by atoms with Crippen LogP contribution in [0.15, 0.2) is 28.0 Å². The predicted molar refractivity (Wildman–Crippen MR) is 65.7 cm³/mol. The molecule has 0 heterocycles. The molecule has 1 aromatic carbocycles. The van der Waals surface area contributed by atoms with Crippen molar-refractivity contribution in [2.24, 2.45) is 0 Å². The molecule has 14 heavy (non-hydrogen) atoms. The molecule has 1 rings (SSSR count). The van der Waals surface area contributed by atoms with Gasteiger partial charge in [-0.1, -0.05) is 6.92 Å². The number of hydrogen-bond acceptors (Lipinski definition) is 3. The minimum absolute atomic E-state index is 0.853. The lowest BCUT2D eigenvalue weighted by Gasteiger charge is -2.07. The van der Waals surface area contributed by atoms with Crippen molar-refractivity contribution in [3.05, 3.63) is 18.2 Å². The van der Waals surface area contributed by atoms with Gasteiger partial charge < -0.3 is 4.74 Å². The second kappa shape index (κ2) is 6.49. The zero-order valence-electron chi connectivity index (χ0n) is 8.25. The van der Waals surface area contributed by atoms with Gasteiger partial charge in [0.1, 0.15) is 5.75 Å². The summed E-state index contributed by atoms with van der Waals surface area (Å²) >= 11 is 1.84. The van der Waals surface area contributed by atoms with Crippen LogP contribution in [0.4, 0.5) is 0 Å². The van der Waals surface area contributed by atoms with Crippen molar-refractivity contribution < 1.29 is 4.74 Å². The Morgan fingerprint density at radius 1 is 1.43 bits per heavy atom. The molecular weight excluding hydrogens is 236 g/mol. The summed E-state index contributed by atoms with van der Waals surface area (Å²) in [5.74, 6) is 1.99. The number of methoxy groups -OCH3 is 1. The summed E-state index contributed by atoms with van der Waals surface area (Å²) in [6.07, 6.45) is 1.18. The van der Waals surface area contributed by atoms with E-state index in [0.29, 0.717) is 0 Å². The molecular formula is C10H13ClOS2. The van der Waals surface area contributed by atoms with Crippen molar-refractivity contribution in [2.75, 3.05) is 12.9 Å². The zero-order chi connectivity index (χ0) is 10.4. The van der Waals surface area contributed by atoms with Gasteiger partial charge in [-0.3, -0.25) is 0 Å². The standard InChI is InChI=1S/C10H13ClOS2/c1-3-6-13-8-4-5-10(14-11)9(7-8)12-2/h4-5,7H,3,6H2,1-2H3. The summed E-state index contributed by atoms with van der Waals surface area (Å²) < 4.78 is 5.24. The van der Waals surface area contributed by atoms with Gasteiger partial charge in [-0.25, -0.2) is 0 Å². The molecule has 0 atom stereocenters. The lowest BCUT2D eigenvalue weighted by molar-refractivity contribution is 0.404. The molecule has 1 nitrogen and oxygen atoms in total. The Labute approximate surface area is 98.1 Å². The first-order chi connectivity index (χ1) is 6.81. The molecule has 0 spiro atoms. The van der Waals surface area contributed by atoms with Crippen LogP contribution < -0.4 is 4.74 Å². The van der Waals surface area contributed by atoms with E-state index in [1.807, 2.05) is 23.9 Å². The topological polar surface area (TPSA) is 9.23 Å². The maximum absolute atomic E-state index is 5.70. The smallest absolute Gasteiger partial charge is 0.134 e. The summed E-state index contributed by atoms with van der Waals surface area (Å²) in [5, 5.41) is 0. The fourth-order valence-electron chi connectivity index (χ4n) is 1.02. The van der Waals surface area contributed by atoms with E-state index in [1.165, 1.54) is 22.3 Å². The monoisotopic (exact) mass is 248 g/mol. The summed E-state index contributed by atoms with van der Waals surface area (Å²) in [7, 11) is 8.55. The maximum Gasteiger partial charge on any atom is 0.134 e. The van der Waals surface area contributed by atoms with Gasteiger partial charge in [-0.15, -0.1) is 11.8 Å². The number of benzene rings is 1. The Morgan fingerprint density at radius 2 is 2.21 bits per heavy atom. The molecule has 0 aliphatic rings. The number of hydrogen-bond donors (Lipinski definition) is 0. The van der Waals surface area contributed by atoms with Gasteiger partial charge in [0.25, 0.3) is 0 Å². The molecule has 1 aromatic rings. The molecule has 78 valence electrons. The van der Waals surface area contributed by atoms with Gasteiger partial charge >= 0.3 is 0 Å². The van der Waals surface area contributed by atoms with Crippen LogP contribution in [-0.4, -0.2) is 12.9 Å². The SMILES string of the molecule is CCCSc1ccc(SCl)c(OC)c1. The number of halogens is 1. The molecule has 0 aromatic heterocycles. The summed E-state index contributed by atoms with van der Waals surface area (Å²) in [6.45, 7) is 2.17. The third kappa shape index (κ3) is 3.30. The van der Waals surface area contributed by atoms with E-state index in [1.54, 1.807) is 7.11 Å². The third-order valence-corrected chi connectivity index (χ3v) is 3.89. The highest BCUT2D eigenvalue weighted by atomic mass is 35.7. The van der Waals surface area contributed by atoms with E-state index in [9.17, 15) is 0 Å². The highest BCUT2D eigenvalue weighted by Gasteiger charge is 2.04. The molecule has 0 aliphatic carbocycles. The molecule has 4 heteroatoms. The van der Waals surface area contributed by atoms with Crippen molar-refractivity contribution in [3.8, 4) is 5.75 Å². The molecule has 0 fully saturated rings. The average molecular weight is 249 g/mol. The first-order valence-electron chi connectivity index (χ1n) is 4.41. The second-order valence-electron chi connectivity index (χ2n) is 2.74. The lowest BCUT2D eigenvalue weighted by atomic mass is 10.3.